The van der Waals surface area contributed by atoms with Gasteiger partial charge in [0, 0.05) is 4.88 Å². The molecule has 0 bridgehead atoms. The normalized spacial score (nSPS) is 12.6. The summed E-state index contributed by atoms with van der Waals surface area (Å²) in [4.78, 5) is 1.47. The summed E-state index contributed by atoms with van der Waals surface area (Å²) in [7, 11) is 0. The third-order valence-electron chi connectivity index (χ3n) is 3.55. The highest BCUT2D eigenvalue weighted by atomic mass is 32.1. The maximum atomic E-state index is 3.62. The van der Waals surface area contributed by atoms with Crippen LogP contribution < -0.4 is 5.32 Å². The average molecular weight is 273 g/mol. The van der Waals surface area contributed by atoms with Gasteiger partial charge in [-0.15, -0.1) is 11.3 Å². The highest BCUT2D eigenvalue weighted by Gasteiger charge is 2.17. The Morgan fingerprint density at radius 3 is 2.32 bits per heavy atom. The van der Waals surface area contributed by atoms with E-state index in [-0.39, 0.29) is 0 Å². The summed E-state index contributed by atoms with van der Waals surface area (Å²) in [6.07, 6.45) is 2.21. The third-order valence-corrected chi connectivity index (χ3v) is 4.58. The molecule has 1 heterocycles. The molecule has 1 aromatic carbocycles. The molecule has 0 fully saturated rings. The van der Waals surface area contributed by atoms with Crippen LogP contribution in [0.2, 0.25) is 0 Å². The fraction of sp³-hybridized carbons (Fsp3) is 0.412. The van der Waals surface area contributed by atoms with E-state index in [0.29, 0.717) is 6.04 Å². The van der Waals surface area contributed by atoms with Crippen molar-refractivity contribution in [2.24, 2.45) is 0 Å². The van der Waals surface area contributed by atoms with Crippen LogP contribution in [0.4, 0.5) is 0 Å². The van der Waals surface area contributed by atoms with Gasteiger partial charge in [-0.1, -0.05) is 45.0 Å². The Morgan fingerprint density at radius 2 is 1.74 bits per heavy atom. The van der Waals surface area contributed by atoms with Gasteiger partial charge in [0.1, 0.15) is 0 Å². The van der Waals surface area contributed by atoms with Crippen LogP contribution in [0.3, 0.4) is 0 Å². The predicted molar refractivity (Wildman–Crippen MR) is 85.0 cm³/mol. The van der Waals surface area contributed by atoms with Crippen molar-refractivity contribution in [2.45, 2.75) is 39.7 Å². The van der Waals surface area contributed by atoms with Gasteiger partial charge in [0.15, 0.2) is 0 Å². The van der Waals surface area contributed by atoms with Crippen LogP contribution in [0.25, 0.3) is 0 Å². The van der Waals surface area contributed by atoms with Gasteiger partial charge < -0.3 is 5.32 Å². The van der Waals surface area contributed by atoms with Crippen molar-refractivity contribution in [2.75, 3.05) is 6.54 Å². The molecular weight excluding hydrogens is 250 g/mol. The molecule has 0 saturated carbocycles. The first kappa shape index (κ1) is 14.3. The molecule has 2 rings (SSSR count). The summed E-state index contributed by atoms with van der Waals surface area (Å²) in [5.41, 5.74) is 4.24. The minimum atomic E-state index is 0.339. The molecule has 0 aliphatic heterocycles. The van der Waals surface area contributed by atoms with Gasteiger partial charge in [-0.3, -0.25) is 0 Å². The van der Waals surface area contributed by atoms with Crippen LogP contribution in [0.15, 0.2) is 35.7 Å². The van der Waals surface area contributed by atoms with Crippen molar-refractivity contribution in [3.8, 4) is 0 Å². The van der Waals surface area contributed by atoms with Gasteiger partial charge in [-0.2, -0.15) is 0 Å². The summed E-state index contributed by atoms with van der Waals surface area (Å²) in [6, 6.07) is 11.6. The molecule has 1 atom stereocenters. The molecule has 102 valence electrons. The molecule has 0 amide bonds. The summed E-state index contributed by atoms with van der Waals surface area (Å²) in [5.74, 6) is 0. The number of nitrogens with one attached hydrogen (secondary N) is 1. The first-order valence-corrected chi connectivity index (χ1v) is 8.06. The lowest BCUT2D eigenvalue weighted by atomic mass is 9.99. The standard InChI is InChI=1S/C17H23NS/c1-4-13-7-9-15(10-8-13)16(18-6-3)17-14(5-2)11-12-19-17/h7-12,16,18H,4-6H2,1-3H3. The Morgan fingerprint density at radius 1 is 1.00 bits per heavy atom. The number of benzene rings is 1. The van der Waals surface area contributed by atoms with E-state index in [4.69, 9.17) is 0 Å². The summed E-state index contributed by atoms with van der Waals surface area (Å²) >= 11 is 1.86. The molecule has 0 spiro atoms. The van der Waals surface area contributed by atoms with Crippen LogP contribution in [-0.4, -0.2) is 6.54 Å². The number of aryl methyl sites for hydroxylation is 2. The van der Waals surface area contributed by atoms with Gasteiger partial charge in [0.25, 0.3) is 0 Å². The van der Waals surface area contributed by atoms with E-state index in [2.05, 4.69) is 61.8 Å². The predicted octanol–water partition coefficient (Wildman–Crippen LogP) is 4.57. The van der Waals surface area contributed by atoms with Crippen molar-refractivity contribution >= 4 is 11.3 Å². The molecule has 0 aliphatic rings. The monoisotopic (exact) mass is 273 g/mol. The van der Waals surface area contributed by atoms with Crippen molar-refractivity contribution in [3.63, 3.8) is 0 Å². The smallest absolute Gasteiger partial charge is 0.0673 e. The molecule has 2 heteroatoms. The van der Waals surface area contributed by atoms with Crippen LogP contribution in [0.1, 0.15) is 48.4 Å². The molecule has 19 heavy (non-hydrogen) atoms. The zero-order chi connectivity index (χ0) is 13.7. The maximum Gasteiger partial charge on any atom is 0.0673 e. The van der Waals surface area contributed by atoms with Crippen LogP contribution in [0.5, 0.6) is 0 Å². The van der Waals surface area contributed by atoms with E-state index >= 15 is 0 Å². The van der Waals surface area contributed by atoms with Crippen LogP contribution in [-0.2, 0) is 12.8 Å². The molecule has 1 unspecified atom stereocenters. The van der Waals surface area contributed by atoms with Crippen molar-refractivity contribution in [3.05, 3.63) is 57.3 Å². The Kier molecular flexibility index (Phi) is 5.17. The first-order valence-electron chi connectivity index (χ1n) is 7.18. The molecule has 1 aromatic heterocycles. The van der Waals surface area contributed by atoms with Gasteiger partial charge in [0.05, 0.1) is 6.04 Å². The Hall–Kier alpha value is -1.12. The zero-order valence-corrected chi connectivity index (χ0v) is 12.9. The fourth-order valence-electron chi connectivity index (χ4n) is 2.40. The summed E-state index contributed by atoms with van der Waals surface area (Å²) in [6.45, 7) is 7.59. The van der Waals surface area contributed by atoms with E-state index in [9.17, 15) is 0 Å². The average Bonchev–Trinajstić information content (AvgIpc) is 2.93. The highest BCUT2D eigenvalue weighted by molar-refractivity contribution is 7.10. The van der Waals surface area contributed by atoms with Crippen LogP contribution >= 0.6 is 11.3 Å². The largest absolute Gasteiger partial charge is 0.306 e. The molecule has 0 radical (unpaired) electrons. The Bertz CT molecular complexity index is 498. The maximum absolute atomic E-state index is 3.62. The van der Waals surface area contributed by atoms with E-state index in [1.165, 1.54) is 21.6 Å². The summed E-state index contributed by atoms with van der Waals surface area (Å²) < 4.78 is 0. The van der Waals surface area contributed by atoms with E-state index in [1.807, 2.05) is 11.3 Å². The van der Waals surface area contributed by atoms with Gasteiger partial charge >= 0.3 is 0 Å². The Labute approximate surface area is 120 Å². The lowest BCUT2D eigenvalue weighted by molar-refractivity contribution is 0.635. The van der Waals surface area contributed by atoms with E-state index in [0.717, 1.165) is 19.4 Å². The lowest BCUT2D eigenvalue weighted by Gasteiger charge is -2.19. The number of rotatable bonds is 6. The fourth-order valence-corrected chi connectivity index (χ4v) is 3.50. The van der Waals surface area contributed by atoms with Gasteiger partial charge in [-0.05, 0) is 47.5 Å². The second-order valence-corrected chi connectivity index (χ2v) is 5.70. The van der Waals surface area contributed by atoms with E-state index < -0.39 is 0 Å². The minimum absolute atomic E-state index is 0.339. The number of hydrogen-bond donors (Lipinski definition) is 1. The third kappa shape index (κ3) is 3.26. The molecule has 0 saturated heterocycles. The van der Waals surface area contributed by atoms with Crippen molar-refractivity contribution < 1.29 is 0 Å². The van der Waals surface area contributed by atoms with Crippen molar-refractivity contribution in [1.29, 1.82) is 0 Å². The molecular formula is C17H23NS. The molecule has 2 aromatic rings. The summed E-state index contributed by atoms with van der Waals surface area (Å²) in [5, 5.41) is 5.83. The Balaban J connectivity index is 2.33. The second kappa shape index (κ2) is 6.88. The van der Waals surface area contributed by atoms with Gasteiger partial charge in [0.2, 0.25) is 0 Å². The van der Waals surface area contributed by atoms with Crippen molar-refractivity contribution in [1.82, 2.24) is 5.32 Å². The van der Waals surface area contributed by atoms with Gasteiger partial charge in [-0.25, -0.2) is 0 Å². The zero-order valence-electron chi connectivity index (χ0n) is 12.1. The quantitative estimate of drug-likeness (QED) is 0.813. The molecule has 0 aliphatic carbocycles. The first-order chi connectivity index (χ1) is 9.30. The second-order valence-electron chi connectivity index (χ2n) is 4.75. The molecule has 1 nitrogen and oxygen atoms in total. The van der Waals surface area contributed by atoms with E-state index in [1.54, 1.807) is 0 Å². The SMILES string of the molecule is CCNC(c1ccc(CC)cc1)c1sccc1CC. The lowest BCUT2D eigenvalue weighted by Crippen LogP contribution is -2.22. The number of hydrogen-bond acceptors (Lipinski definition) is 2. The molecule has 1 N–H and O–H groups in total. The number of thiophene rings is 1. The van der Waals surface area contributed by atoms with Crippen LogP contribution in [0, 0.1) is 0 Å². The highest BCUT2D eigenvalue weighted by Crippen LogP contribution is 2.30. The minimum Gasteiger partial charge on any atom is -0.306 e. The topological polar surface area (TPSA) is 12.0 Å².